The molecule has 0 aliphatic carbocycles. The predicted molar refractivity (Wildman–Crippen MR) is 60.4 cm³/mol. The first-order valence-corrected chi connectivity index (χ1v) is 6.36. The Balaban J connectivity index is 1.52. The third-order valence-corrected chi connectivity index (χ3v) is 3.85. The smallest absolute Gasteiger partial charge is 0.00200 e. The molecule has 14 heavy (non-hydrogen) atoms. The zero-order chi connectivity index (χ0) is 9.64. The van der Waals surface area contributed by atoms with Gasteiger partial charge in [-0.25, -0.2) is 0 Å². The Morgan fingerprint density at radius 3 is 2.14 bits per heavy atom. The van der Waals surface area contributed by atoms with Crippen LogP contribution in [0.3, 0.4) is 0 Å². The topological polar surface area (TPSA) is 24.1 Å². The summed E-state index contributed by atoms with van der Waals surface area (Å²) in [6.07, 6.45) is 8.68. The van der Waals surface area contributed by atoms with Crippen LogP contribution < -0.4 is 10.6 Å². The van der Waals surface area contributed by atoms with Crippen LogP contribution in [0.5, 0.6) is 0 Å². The Morgan fingerprint density at radius 2 is 1.43 bits per heavy atom. The molecule has 2 aliphatic rings. The van der Waals surface area contributed by atoms with Crippen molar-refractivity contribution in [3.05, 3.63) is 0 Å². The quantitative estimate of drug-likeness (QED) is 0.716. The van der Waals surface area contributed by atoms with Gasteiger partial charge in [0.2, 0.25) is 0 Å². The van der Waals surface area contributed by atoms with Crippen molar-refractivity contribution in [1.29, 1.82) is 0 Å². The van der Waals surface area contributed by atoms with Crippen molar-refractivity contribution in [3.8, 4) is 0 Å². The summed E-state index contributed by atoms with van der Waals surface area (Å²) in [6, 6.07) is 0. The highest BCUT2D eigenvalue weighted by atomic mass is 14.9. The van der Waals surface area contributed by atoms with Gasteiger partial charge >= 0.3 is 0 Å². The maximum absolute atomic E-state index is 3.45. The SMILES string of the molecule is C(CC1CCNCC1)CC1CCNC1. The number of rotatable bonds is 4. The molecule has 0 aromatic heterocycles. The molecule has 0 bridgehead atoms. The highest BCUT2D eigenvalue weighted by Crippen LogP contribution is 2.22. The van der Waals surface area contributed by atoms with Crippen molar-refractivity contribution in [1.82, 2.24) is 10.6 Å². The summed E-state index contributed by atoms with van der Waals surface area (Å²) in [5.74, 6) is 2.03. The van der Waals surface area contributed by atoms with Crippen LogP contribution in [-0.4, -0.2) is 26.2 Å². The molecule has 0 aromatic carbocycles. The highest BCUT2D eigenvalue weighted by molar-refractivity contribution is 4.73. The summed E-state index contributed by atoms with van der Waals surface area (Å²) in [5, 5.41) is 6.89. The van der Waals surface area contributed by atoms with Crippen LogP contribution in [0, 0.1) is 11.8 Å². The van der Waals surface area contributed by atoms with Gasteiger partial charge in [-0.2, -0.15) is 0 Å². The summed E-state index contributed by atoms with van der Waals surface area (Å²) in [6.45, 7) is 5.07. The summed E-state index contributed by atoms with van der Waals surface area (Å²) in [7, 11) is 0. The van der Waals surface area contributed by atoms with Gasteiger partial charge in [0, 0.05) is 0 Å². The minimum Gasteiger partial charge on any atom is -0.317 e. The van der Waals surface area contributed by atoms with Crippen LogP contribution in [0.4, 0.5) is 0 Å². The van der Waals surface area contributed by atoms with E-state index in [9.17, 15) is 0 Å². The largest absolute Gasteiger partial charge is 0.317 e. The van der Waals surface area contributed by atoms with Gasteiger partial charge in [0.05, 0.1) is 0 Å². The first kappa shape index (κ1) is 10.4. The molecule has 2 rings (SSSR count). The maximum atomic E-state index is 3.45. The molecule has 0 saturated carbocycles. The molecule has 1 unspecified atom stereocenters. The Kier molecular flexibility index (Phi) is 4.26. The molecule has 2 nitrogen and oxygen atoms in total. The maximum Gasteiger partial charge on any atom is -0.00200 e. The first-order valence-electron chi connectivity index (χ1n) is 6.36. The van der Waals surface area contributed by atoms with Crippen molar-refractivity contribution in [3.63, 3.8) is 0 Å². The molecule has 2 N–H and O–H groups in total. The van der Waals surface area contributed by atoms with Gasteiger partial charge in [-0.1, -0.05) is 12.8 Å². The van der Waals surface area contributed by atoms with Crippen LogP contribution in [-0.2, 0) is 0 Å². The second-order valence-corrected chi connectivity index (χ2v) is 4.98. The van der Waals surface area contributed by atoms with E-state index in [1.165, 1.54) is 64.7 Å². The van der Waals surface area contributed by atoms with Crippen LogP contribution >= 0.6 is 0 Å². The normalized spacial score (nSPS) is 29.6. The number of hydrogen-bond acceptors (Lipinski definition) is 2. The van der Waals surface area contributed by atoms with E-state index in [2.05, 4.69) is 10.6 Å². The predicted octanol–water partition coefficient (Wildman–Crippen LogP) is 1.77. The van der Waals surface area contributed by atoms with Crippen LogP contribution in [0.1, 0.15) is 38.5 Å². The van der Waals surface area contributed by atoms with Gasteiger partial charge in [-0.15, -0.1) is 0 Å². The molecule has 0 radical (unpaired) electrons. The average molecular weight is 196 g/mol. The van der Waals surface area contributed by atoms with Gasteiger partial charge in [-0.3, -0.25) is 0 Å². The van der Waals surface area contributed by atoms with Crippen LogP contribution in [0.25, 0.3) is 0 Å². The minimum absolute atomic E-state index is 0.997. The van der Waals surface area contributed by atoms with E-state index >= 15 is 0 Å². The molecule has 2 fully saturated rings. The number of nitrogens with one attached hydrogen (secondary N) is 2. The Labute approximate surface area is 87.8 Å². The van der Waals surface area contributed by atoms with E-state index in [1.807, 2.05) is 0 Å². The fraction of sp³-hybridized carbons (Fsp3) is 1.00. The van der Waals surface area contributed by atoms with E-state index in [4.69, 9.17) is 0 Å². The van der Waals surface area contributed by atoms with Crippen molar-refractivity contribution < 1.29 is 0 Å². The lowest BCUT2D eigenvalue weighted by Gasteiger charge is -2.22. The van der Waals surface area contributed by atoms with E-state index in [-0.39, 0.29) is 0 Å². The standard InChI is InChI=1S/C12H24N2/c1(3-12-6-9-14-10-12)2-11-4-7-13-8-5-11/h11-14H,1-10H2. The van der Waals surface area contributed by atoms with Gasteiger partial charge in [0.25, 0.3) is 0 Å². The van der Waals surface area contributed by atoms with Crippen molar-refractivity contribution >= 4 is 0 Å². The second kappa shape index (κ2) is 5.72. The monoisotopic (exact) mass is 196 g/mol. The zero-order valence-electron chi connectivity index (χ0n) is 9.23. The molecule has 0 aromatic rings. The highest BCUT2D eigenvalue weighted by Gasteiger charge is 2.16. The van der Waals surface area contributed by atoms with E-state index in [0.717, 1.165) is 11.8 Å². The summed E-state index contributed by atoms with van der Waals surface area (Å²) < 4.78 is 0. The summed E-state index contributed by atoms with van der Waals surface area (Å²) in [5.41, 5.74) is 0. The lowest BCUT2D eigenvalue weighted by molar-refractivity contribution is 0.333. The Bertz CT molecular complexity index is 146. The zero-order valence-corrected chi connectivity index (χ0v) is 9.23. The molecule has 2 heteroatoms. The molecule has 0 amide bonds. The second-order valence-electron chi connectivity index (χ2n) is 4.98. The van der Waals surface area contributed by atoms with Gasteiger partial charge in [0.1, 0.15) is 0 Å². The van der Waals surface area contributed by atoms with Crippen LogP contribution in [0.2, 0.25) is 0 Å². The fourth-order valence-corrected chi connectivity index (χ4v) is 2.83. The van der Waals surface area contributed by atoms with Crippen molar-refractivity contribution in [2.45, 2.75) is 38.5 Å². The van der Waals surface area contributed by atoms with Crippen LogP contribution in [0.15, 0.2) is 0 Å². The minimum atomic E-state index is 0.997. The van der Waals surface area contributed by atoms with Gasteiger partial charge in [0.15, 0.2) is 0 Å². The average Bonchev–Trinajstić information content (AvgIpc) is 2.72. The molecule has 1 atom stereocenters. The third-order valence-electron chi connectivity index (χ3n) is 3.85. The molecular formula is C12H24N2. The molecule has 2 saturated heterocycles. The van der Waals surface area contributed by atoms with Crippen molar-refractivity contribution in [2.24, 2.45) is 11.8 Å². The van der Waals surface area contributed by atoms with Gasteiger partial charge < -0.3 is 10.6 Å². The molecule has 2 heterocycles. The third kappa shape index (κ3) is 3.25. The Hall–Kier alpha value is -0.0800. The molecule has 82 valence electrons. The fourth-order valence-electron chi connectivity index (χ4n) is 2.83. The lowest BCUT2D eigenvalue weighted by atomic mass is 9.90. The summed E-state index contributed by atoms with van der Waals surface area (Å²) in [4.78, 5) is 0. The van der Waals surface area contributed by atoms with Crippen molar-refractivity contribution in [2.75, 3.05) is 26.2 Å². The molecule has 0 spiro atoms. The summed E-state index contributed by atoms with van der Waals surface area (Å²) >= 11 is 0. The van der Waals surface area contributed by atoms with E-state index < -0.39 is 0 Å². The number of hydrogen-bond donors (Lipinski definition) is 2. The van der Waals surface area contributed by atoms with Gasteiger partial charge in [-0.05, 0) is 63.7 Å². The molecule has 2 aliphatic heterocycles. The Morgan fingerprint density at radius 1 is 0.786 bits per heavy atom. The first-order chi connectivity index (χ1) is 6.95. The molecular weight excluding hydrogens is 172 g/mol. The van der Waals surface area contributed by atoms with E-state index in [1.54, 1.807) is 0 Å². The van der Waals surface area contributed by atoms with E-state index in [0.29, 0.717) is 0 Å². The lowest BCUT2D eigenvalue weighted by Crippen LogP contribution is -2.27. The number of piperidine rings is 1.